The Labute approximate surface area is 104 Å². The van der Waals surface area contributed by atoms with Crippen LogP contribution < -0.4 is 0 Å². The minimum absolute atomic E-state index is 0.241. The fraction of sp³-hybridized carbons (Fsp3) is 1.00. The van der Waals surface area contributed by atoms with Gasteiger partial charge in [0, 0.05) is 32.8 Å². The van der Waals surface area contributed by atoms with Gasteiger partial charge >= 0.3 is 0 Å². The largest absolute Gasteiger partial charge is 0.396 e. The summed E-state index contributed by atoms with van der Waals surface area (Å²) in [5, 5.41) is 8.70. The molecule has 17 heavy (non-hydrogen) atoms. The summed E-state index contributed by atoms with van der Waals surface area (Å²) in [6.45, 7) is 5.95. The van der Waals surface area contributed by atoms with Crippen LogP contribution in [0.2, 0.25) is 0 Å². The first-order valence-electron chi connectivity index (χ1n) is 6.41. The normalized spacial score (nSPS) is 19.6. The van der Waals surface area contributed by atoms with Gasteiger partial charge in [0.1, 0.15) is 0 Å². The van der Waals surface area contributed by atoms with Gasteiger partial charge < -0.3 is 10.0 Å². The number of hydrogen-bond acceptors (Lipinski definition) is 4. The number of sulfonamides is 1. The van der Waals surface area contributed by atoms with Gasteiger partial charge in [-0.3, -0.25) is 0 Å². The van der Waals surface area contributed by atoms with E-state index in [9.17, 15) is 8.42 Å². The highest BCUT2D eigenvalue weighted by atomic mass is 32.2. The average Bonchev–Trinajstić information content (AvgIpc) is 2.30. The van der Waals surface area contributed by atoms with Crippen molar-refractivity contribution in [1.29, 1.82) is 0 Å². The summed E-state index contributed by atoms with van der Waals surface area (Å²) in [5.74, 6) is 0.261. The van der Waals surface area contributed by atoms with Crippen molar-refractivity contribution in [2.24, 2.45) is 0 Å². The fourth-order valence-electron chi connectivity index (χ4n) is 2.07. The highest BCUT2D eigenvalue weighted by Gasteiger charge is 2.25. The molecule has 102 valence electrons. The zero-order valence-corrected chi connectivity index (χ0v) is 11.5. The summed E-state index contributed by atoms with van der Waals surface area (Å²) in [6.07, 6.45) is 2.49. The molecule has 0 atom stereocenters. The van der Waals surface area contributed by atoms with Gasteiger partial charge in [-0.15, -0.1) is 0 Å². The van der Waals surface area contributed by atoms with Crippen LogP contribution in [0.25, 0.3) is 0 Å². The van der Waals surface area contributed by atoms with Crippen LogP contribution >= 0.6 is 0 Å². The average molecular weight is 264 g/mol. The number of rotatable bonds is 7. The van der Waals surface area contributed by atoms with Crippen molar-refractivity contribution in [3.8, 4) is 0 Å². The van der Waals surface area contributed by atoms with Crippen molar-refractivity contribution in [2.45, 2.75) is 26.2 Å². The molecular formula is C11H24N2O3S. The van der Waals surface area contributed by atoms with E-state index in [2.05, 4.69) is 4.90 Å². The van der Waals surface area contributed by atoms with Crippen molar-refractivity contribution < 1.29 is 13.5 Å². The molecule has 0 unspecified atom stereocenters. The third kappa shape index (κ3) is 4.91. The van der Waals surface area contributed by atoms with E-state index in [1.54, 1.807) is 4.31 Å². The molecule has 0 bridgehead atoms. The zero-order valence-electron chi connectivity index (χ0n) is 10.6. The van der Waals surface area contributed by atoms with Crippen molar-refractivity contribution in [1.82, 2.24) is 9.21 Å². The molecule has 0 aliphatic carbocycles. The van der Waals surface area contributed by atoms with E-state index in [1.165, 1.54) is 0 Å². The molecule has 1 aliphatic heterocycles. The molecule has 0 amide bonds. The molecule has 5 nitrogen and oxygen atoms in total. The van der Waals surface area contributed by atoms with E-state index in [-0.39, 0.29) is 12.4 Å². The second kappa shape index (κ2) is 7.31. The number of nitrogens with zero attached hydrogens (tertiary/aromatic N) is 2. The molecule has 0 saturated carbocycles. The lowest BCUT2D eigenvalue weighted by Gasteiger charge is -2.33. The second-order valence-electron chi connectivity index (χ2n) is 4.49. The Hall–Kier alpha value is -0.170. The van der Waals surface area contributed by atoms with Crippen LogP contribution in [0.1, 0.15) is 26.2 Å². The van der Waals surface area contributed by atoms with Gasteiger partial charge in [-0.05, 0) is 25.8 Å². The Morgan fingerprint density at radius 3 is 2.29 bits per heavy atom. The van der Waals surface area contributed by atoms with Crippen molar-refractivity contribution in [3.05, 3.63) is 0 Å². The molecule has 1 aliphatic rings. The van der Waals surface area contributed by atoms with Crippen LogP contribution in [-0.4, -0.2) is 67.8 Å². The van der Waals surface area contributed by atoms with E-state index in [1.807, 2.05) is 6.92 Å². The summed E-state index contributed by atoms with van der Waals surface area (Å²) < 4.78 is 25.3. The van der Waals surface area contributed by atoms with Gasteiger partial charge in [-0.2, -0.15) is 4.31 Å². The molecule has 1 fully saturated rings. The highest BCUT2D eigenvalue weighted by molar-refractivity contribution is 7.89. The first kappa shape index (κ1) is 14.9. The van der Waals surface area contributed by atoms with Gasteiger partial charge in [0.2, 0.25) is 10.0 Å². The van der Waals surface area contributed by atoms with Gasteiger partial charge in [-0.1, -0.05) is 6.92 Å². The van der Waals surface area contributed by atoms with E-state index >= 15 is 0 Å². The van der Waals surface area contributed by atoms with Crippen LogP contribution in [-0.2, 0) is 10.0 Å². The Kier molecular flexibility index (Phi) is 6.40. The highest BCUT2D eigenvalue weighted by Crippen LogP contribution is 2.09. The maximum absolute atomic E-state index is 11.8. The number of aliphatic hydroxyl groups excluding tert-OH is 1. The molecule has 1 heterocycles. The van der Waals surface area contributed by atoms with E-state index < -0.39 is 10.0 Å². The number of hydrogen-bond donors (Lipinski definition) is 1. The lowest BCUT2D eigenvalue weighted by Crippen LogP contribution is -2.49. The van der Waals surface area contributed by atoms with Gasteiger partial charge in [0.05, 0.1) is 5.75 Å². The zero-order chi connectivity index (χ0) is 12.7. The summed E-state index contributed by atoms with van der Waals surface area (Å²) in [6, 6.07) is 0. The number of unbranched alkanes of at least 4 members (excludes halogenated alkanes) is 1. The second-order valence-corrected chi connectivity index (χ2v) is 6.58. The van der Waals surface area contributed by atoms with Crippen LogP contribution in [0.3, 0.4) is 0 Å². The van der Waals surface area contributed by atoms with Crippen molar-refractivity contribution >= 4 is 10.0 Å². The number of aliphatic hydroxyl groups is 1. The van der Waals surface area contributed by atoms with E-state index in [0.717, 1.165) is 32.5 Å². The van der Waals surface area contributed by atoms with E-state index in [0.29, 0.717) is 19.5 Å². The molecule has 1 rings (SSSR count). The maximum Gasteiger partial charge on any atom is 0.214 e. The Morgan fingerprint density at radius 1 is 1.12 bits per heavy atom. The topological polar surface area (TPSA) is 60.9 Å². The minimum Gasteiger partial charge on any atom is -0.396 e. The predicted octanol–water partition coefficient (Wildman–Crippen LogP) is 0.116. The maximum atomic E-state index is 11.8. The van der Waals surface area contributed by atoms with Crippen LogP contribution in [0, 0.1) is 0 Å². The third-order valence-corrected chi connectivity index (χ3v) is 5.15. The molecular weight excluding hydrogens is 240 g/mol. The molecule has 0 aromatic heterocycles. The van der Waals surface area contributed by atoms with Crippen molar-refractivity contribution in [3.63, 3.8) is 0 Å². The quantitative estimate of drug-likeness (QED) is 0.663. The molecule has 0 spiro atoms. The van der Waals surface area contributed by atoms with Crippen LogP contribution in [0.15, 0.2) is 0 Å². The van der Waals surface area contributed by atoms with Gasteiger partial charge in [-0.25, -0.2) is 8.42 Å². The Morgan fingerprint density at radius 2 is 1.76 bits per heavy atom. The third-order valence-electron chi connectivity index (χ3n) is 3.07. The SMILES string of the molecule is CCCS(=O)(=O)N1CCN(CCCCO)CC1. The summed E-state index contributed by atoms with van der Waals surface area (Å²) in [7, 11) is -3.02. The molecule has 0 radical (unpaired) electrons. The monoisotopic (exact) mass is 264 g/mol. The summed E-state index contributed by atoms with van der Waals surface area (Å²) in [4.78, 5) is 2.27. The van der Waals surface area contributed by atoms with Gasteiger partial charge in [0.15, 0.2) is 0 Å². The smallest absolute Gasteiger partial charge is 0.214 e. The molecule has 0 aromatic rings. The first-order valence-corrected chi connectivity index (χ1v) is 8.02. The molecule has 1 saturated heterocycles. The molecule has 0 aromatic carbocycles. The van der Waals surface area contributed by atoms with E-state index in [4.69, 9.17) is 5.11 Å². The fourth-order valence-corrected chi connectivity index (χ4v) is 3.56. The standard InChI is InChI=1S/C11H24N2O3S/c1-2-11-17(15,16)13-8-6-12(7-9-13)5-3-4-10-14/h14H,2-11H2,1H3. The number of piperazine rings is 1. The predicted molar refractivity (Wildman–Crippen MR) is 68.4 cm³/mol. The molecule has 1 N–H and O–H groups in total. The van der Waals surface area contributed by atoms with Gasteiger partial charge in [0.25, 0.3) is 0 Å². The van der Waals surface area contributed by atoms with Crippen LogP contribution in [0.4, 0.5) is 0 Å². The first-order chi connectivity index (χ1) is 8.10. The lowest BCUT2D eigenvalue weighted by molar-refractivity contribution is 0.180. The van der Waals surface area contributed by atoms with Crippen LogP contribution in [0.5, 0.6) is 0 Å². The summed E-state index contributed by atoms with van der Waals surface area (Å²) >= 11 is 0. The van der Waals surface area contributed by atoms with Crippen molar-refractivity contribution in [2.75, 3.05) is 45.1 Å². The Bertz CT molecular complexity index is 298. The minimum atomic E-state index is -3.02. The lowest BCUT2D eigenvalue weighted by atomic mass is 10.3. The molecule has 6 heteroatoms. The summed E-state index contributed by atoms with van der Waals surface area (Å²) in [5.41, 5.74) is 0. The Balaban J connectivity index is 2.30.